The molecular formula is C26H30N2O6. The highest BCUT2D eigenvalue weighted by Gasteiger charge is 2.30. The Balaban J connectivity index is 1.63. The summed E-state index contributed by atoms with van der Waals surface area (Å²) in [5.41, 5.74) is 3.66. The zero-order valence-corrected chi connectivity index (χ0v) is 19.6. The molecule has 0 heterocycles. The van der Waals surface area contributed by atoms with Gasteiger partial charge in [0.1, 0.15) is 24.9 Å². The van der Waals surface area contributed by atoms with Gasteiger partial charge in [0, 0.05) is 5.92 Å². The molecular weight excluding hydrogens is 436 g/mol. The molecule has 0 saturated heterocycles. The number of carbonyl (C=O) groups is 3. The zero-order valence-electron chi connectivity index (χ0n) is 19.6. The third-order valence-electron chi connectivity index (χ3n) is 5.11. The Morgan fingerprint density at radius 2 is 1.56 bits per heavy atom. The van der Waals surface area contributed by atoms with Crippen LogP contribution in [0.25, 0.3) is 11.1 Å². The van der Waals surface area contributed by atoms with Crippen LogP contribution >= 0.6 is 0 Å². The molecule has 0 aromatic heterocycles. The Morgan fingerprint density at radius 1 is 0.971 bits per heavy atom. The van der Waals surface area contributed by atoms with Crippen molar-refractivity contribution < 1.29 is 28.6 Å². The van der Waals surface area contributed by atoms with Crippen molar-refractivity contribution in [3.63, 3.8) is 0 Å². The summed E-state index contributed by atoms with van der Waals surface area (Å²) >= 11 is 0. The molecule has 8 heteroatoms. The van der Waals surface area contributed by atoms with Crippen LogP contribution in [-0.2, 0) is 19.0 Å². The minimum absolute atomic E-state index is 0.0336. The summed E-state index contributed by atoms with van der Waals surface area (Å²) in [7, 11) is 0. The molecule has 180 valence electrons. The fourth-order valence-corrected chi connectivity index (χ4v) is 3.72. The van der Waals surface area contributed by atoms with Gasteiger partial charge in [0.25, 0.3) is 0 Å². The molecule has 2 aromatic carbocycles. The third-order valence-corrected chi connectivity index (χ3v) is 5.11. The highest BCUT2D eigenvalue weighted by molar-refractivity contribution is 5.83. The largest absolute Gasteiger partial charge is 0.460 e. The van der Waals surface area contributed by atoms with Gasteiger partial charge in [-0.3, -0.25) is 0 Å². The monoisotopic (exact) mass is 466 g/mol. The summed E-state index contributed by atoms with van der Waals surface area (Å²) in [6, 6.07) is 14.8. The smallest absolute Gasteiger partial charge is 0.407 e. The maximum atomic E-state index is 12.6. The molecule has 2 N–H and O–H groups in total. The minimum atomic E-state index is -1.16. The van der Waals surface area contributed by atoms with Crippen molar-refractivity contribution in [3.05, 3.63) is 72.3 Å². The van der Waals surface area contributed by atoms with Gasteiger partial charge in [-0.25, -0.2) is 14.4 Å². The summed E-state index contributed by atoms with van der Waals surface area (Å²) in [6.45, 7) is 8.49. The van der Waals surface area contributed by atoms with Gasteiger partial charge in [0.05, 0.1) is 6.54 Å². The number of hydrogen-bond acceptors (Lipinski definition) is 6. The van der Waals surface area contributed by atoms with Crippen LogP contribution < -0.4 is 10.6 Å². The van der Waals surface area contributed by atoms with E-state index in [1.807, 2.05) is 48.5 Å². The van der Waals surface area contributed by atoms with E-state index >= 15 is 0 Å². The Bertz CT molecular complexity index is 1010. The Labute approximate surface area is 199 Å². The fourth-order valence-electron chi connectivity index (χ4n) is 3.72. The number of fused-ring (bicyclic) bond motifs is 3. The van der Waals surface area contributed by atoms with Gasteiger partial charge >= 0.3 is 18.2 Å². The van der Waals surface area contributed by atoms with Crippen LogP contribution in [0.3, 0.4) is 0 Å². The number of rotatable bonds is 8. The van der Waals surface area contributed by atoms with Crippen molar-refractivity contribution in [2.75, 3.05) is 19.8 Å². The van der Waals surface area contributed by atoms with E-state index in [1.165, 1.54) is 6.08 Å². The summed E-state index contributed by atoms with van der Waals surface area (Å²) in [5, 5.41) is 4.94. The molecule has 1 aliphatic rings. The van der Waals surface area contributed by atoms with Crippen molar-refractivity contribution >= 4 is 18.2 Å². The molecule has 1 aliphatic carbocycles. The average Bonchev–Trinajstić information content (AvgIpc) is 3.11. The second kappa shape index (κ2) is 10.9. The number of esters is 1. The number of ether oxygens (including phenoxy) is 3. The second-order valence-corrected chi connectivity index (χ2v) is 8.82. The predicted molar refractivity (Wildman–Crippen MR) is 127 cm³/mol. The van der Waals surface area contributed by atoms with E-state index in [4.69, 9.17) is 14.2 Å². The van der Waals surface area contributed by atoms with Gasteiger partial charge in [-0.1, -0.05) is 61.2 Å². The number of alkyl carbamates (subject to hydrolysis) is 2. The van der Waals surface area contributed by atoms with Crippen LogP contribution in [0, 0.1) is 0 Å². The molecule has 0 unspecified atom stereocenters. The van der Waals surface area contributed by atoms with E-state index in [0.717, 1.165) is 22.3 Å². The quantitative estimate of drug-likeness (QED) is 0.344. The van der Waals surface area contributed by atoms with Gasteiger partial charge in [-0.2, -0.15) is 0 Å². The number of amides is 2. The number of nitrogens with one attached hydrogen (secondary N) is 2. The molecule has 0 radical (unpaired) electrons. The Kier molecular flexibility index (Phi) is 7.94. The van der Waals surface area contributed by atoms with E-state index < -0.39 is 29.8 Å². The number of benzene rings is 2. The summed E-state index contributed by atoms with van der Waals surface area (Å²) in [4.78, 5) is 36.9. The van der Waals surface area contributed by atoms with E-state index in [-0.39, 0.29) is 25.7 Å². The van der Waals surface area contributed by atoms with Crippen molar-refractivity contribution in [1.82, 2.24) is 10.6 Å². The van der Waals surface area contributed by atoms with E-state index in [0.29, 0.717) is 0 Å². The first-order valence-corrected chi connectivity index (χ1v) is 11.1. The van der Waals surface area contributed by atoms with Gasteiger partial charge in [0.2, 0.25) is 0 Å². The number of hydrogen-bond donors (Lipinski definition) is 2. The summed E-state index contributed by atoms with van der Waals surface area (Å²) < 4.78 is 15.7. The lowest BCUT2D eigenvalue weighted by Crippen LogP contribution is -2.50. The summed E-state index contributed by atoms with van der Waals surface area (Å²) in [5.74, 6) is -0.853. The van der Waals surface area contributed by atoms with E-state index in [9.17, 15) is 14.4 Å². The van der Waals surface area contributed by atoms with Gasteiger partial charge in [-0.05, 0) is 43.0 Å². The molecule has 0 aliphatic heterocycles. The van der Waals surface area contributed by atoms with Crippen molar-refractivity contribution in [2.45, 2.75) is 38.3 Å². The third kappa shape index (κ3) is 6.37. The lowest BCUT2D eigenvalue weighted by atomic mass is 9.98. The highest BCUT2D eigenvalue weighted by Crippen LogP contribution is 2.44. The normalized spacial score (nSPS) is 13.1. The van der Waals surface area contributed by atoms with Crippen molar-refractivity contribution in [1.29, 1.82) is 0 Å². The highest BCUT2D eigenvalue weighted by atomic mass is 16.6. The van der Waals surface area contributed by atoms with Crippen molar-refractivity contribution in [2.24, 2.45) is 0 Å². The molecule has 8 nitrogen and oxygen atoms in total. The first kappa shape index (κ1) is 24.8. The zero-order chi connectivity index (χ0) is 24.7. The average molecular weight is 467 g/mol. The molecule has 1 atom stereocenters. The topological polar surface area (TPSA) is 103 Å². The van der Waals surface area contributed by atoms with Crippen LogP contribution in [0.4, 0.5) is 9.59 Å². The van der Waals surface area contributed by atoms with Gasteiger partial charge in [-0.15, -0.1) is 0 Å². The first-order chi connectivity index (χ1) is 16.2. The number of carbonyl (C=O) groups excluding carboxylic acids is 3. The molecule has 0 spiro atoms. The summed E-state index contributed by atoms with van der Waals surface area (Å²) in [6.07, 6.45) is -0.111. The lowest BCUT2D eigenvalue weighted by molar-refractivity contribution is -0.144. The second-order valence-electron chi connectivity index (χ2n) is 8.82. The SMILES string of the molecule is C=CCOC(=O)[C@H](CNC(=O)OC(C)(C)C)NC(=O)OCC1c2ccccc2-c2ccccc21. The molecule has 2 aromatic rings. The van der Waals surface area contributed by atoms with Crippen LogP contribution in [0.2, 0.25) is 0 Å². The van der Waals surface area contributed by atoms with Crippen molar-refractivity contribution in [3.8, 4) is 11.1 Å². The minimum Gasteiger partial charge on any atom is -0.460 e. The molecule has 0 saturated carbocycles. The molecule has 0 fully saturated rings. The predicted octanol–water partition coefficient (Wildman–Crippen LogP) is 4.15. The van der Waals surface area contributed by atoms with Crippen LogP contribution in [-0.4, -0.2) is 49.6 Å². The Hall–Kier alpha value is -3.81. The van der Waals surface area contributed by atoms with E-state index in [1.54, 1.807) is 20.8 Å². The van der Waals surface area contributed by atoms with E-state index in [2.05, 4.69) is 17.2 Å². The standard InChI is InChI=1S/C26H30N2O6/c1-5-14-32-23(29)22(15-27-24(30)34-26(2,3)4)28-25(31)33-16-21-19-12-8-6-10-17(19)18-11-7-9-13-20(18)21/h5-13,21-22H,1,14-16H2,2-4H3,(H,27,30)(H,28,31)/t22-/m0/s1. The van der Waals surface area contributed by atoms with Crippen LogP contribution in [0.1, 0.15) is 37.8 Å². The van der Waals surface area contributed by atoms with Gasteiger partial charge in [0.15, 0.2) is 0 Å². The molecule has 3 rings (SSSR count). The Morgan fingerprint density at radius 3 is 2.12 bits per heavy atom. The molecule has 0 bridgehead atoms. The fraction of sp³-hybridized carbons (Fsp3) is 0.346. The molecule has 2 amide bonds. The van der Waals surface area contributed by atoms with Crippen LogP contribution in [0.5, 0.6) is 0 Å². The lowest BCUT2D eigenvalue weighted by Gasteiger charge is -2.22. The molecule has 34 heavy (non-hydrogen) atoms. The first-order valence-electron chi connectivity index (χ1n) is 11.1. The van der Waals surface area contributed by atoms with Crippen LogP contribution in [0.15, 0.2) is 61.2 Å². The maximum Gasteiger partial charge on any atom is 0.407 e. The maximum absolute atomic E-state index is 12.6. The van der Waals surface area contributed by atoms with Gasteiger partial charge < -0.3 is 24.8 Å².